The Morgan fingerprint density at radius 1 is 1.24 bits per heavy atom. The van der Waals surface area contributed by atoms with Crippen molar-refractivity contribution in [3.05, 3.63) is 54.1 Å². The van der Waals surface area contributed by atoms with Crippen molar-refractivity contribution in [1.29, 1.82) is 0 Å². The topological polar surface area (TPSA) is 38.1 Å². The second-order valence-electron chi connectivity index (χ2n) is 3.87. The van der Waals surface area contributed by atoms with Crippen LogP contribution in [0.15, 0.2) is 42.9 Å². The van der Waals surface area contributed by atoms with Crippen molar-refractivity contribution in [2.75, 3.05) is 4.90 Å². The number of aldehydes is 1. The first-order chi connectivity index (χ1) is 8.38. The minimum Gasteiger partial charge on any atom is -0.325 e. The smallest absolute Gasteiger partial charge is 0.153 e. The van der Waals surface area contributed by atoms with Gasteiger partial charge in [-0.05, 0) is 24.3 Å². The number of anilines is 1. The van der Waals surface area contributed by atoms with Gasteiger partial charge in [0.1, 0.15) is 5.82 Å². The molecule has 0 unspecified atom stereocenters. The standard InChI is InChI=1S/C13H11N3O/c17-10-11-3-1-5-14-13(11)16-8-7-15-6-2-4-12(15)9-16/h1-8,10H,9H2. The van der Waals surface area contributed by atoms with Crippen LogP contribution in [0.3, 0.4) is 0 Å². The van der Waals surface area contributed by atoms with Crippen molar-refractivity contribution in [3.63, 3.8) is 0 Å². The molecule has 0 fully saturated rings. The zero-order valence-corrected chi connectivity index (χ0v) is 9.15. The molecule has 1 aliphatic rings. The molecule has 4 nitrogen and oxygen atoms in total. The normalized spacial score (nSPS) is 13.5. The van der Waals surface area contributed by atoms with Crippen molar-refractivity contribution in [1.82, 2.24) is 9.55 Å². The van der Waals surface area contributed by atoms with E-state index in [1.54, 1.807) is 18.3 Å². The minimum atomic E-state index is 0.608. The monoisotopic (exact) mass is 225 g/mol. The number of fused-ring (bicyclic) bond motifs is 1. The summed E-state index contributed by atoms with van der Waals surface area (Å²) < 4.78 is 2.06. The molecule has 1 aliphatic heterocycles. The third-order valence-corrected chi connectivity index (χ3v) is 2.82. The lowest BCUT2D eigenvalue weighted by atomic mass is 10.2. The number of rotatable bonds is 2. The highest BCUT2D eigenvalue weighted by Crippen LogP contribution is 2.22. The molecule has 0 atom stereocenters. The van der Waals surface area contributed by atoms with Crippen LogP contribution in [0.4, 0.5) is 5.82 Å². The van der Waals surface area contributed by atoms with Gasteiger partial charge < -0.3 is 9.47 Å². The van der Waals surface area contributed by atoms with Crippen LogP contribution >= 0.6 is 0 Å². The average molecular weight is 225 g/mol. The van der Waals surface area contributed by atoms with E-state index in [-0.39, 0.29) is 0 Å². The predicted molar refractivity (Wildman–Crippen MR) is 65.6 cm³/mol. The maximum atomic E-state index is 11.0. The Morgan fingerprint density at radius 3 is 3.06 bits per heavy atom. The zero-order chi connectivity index (χ0) is 11.7. The summed E-state index contributed by atoms with van der Waals surface area (Å²) in [6.45, 7) is 0.724. The van der Waals surface area contributed by atoms with E-state index in [9.17, 15) is 4.79 Å². The van der Waals surface area contributed by atoms with Crippen molar-refractivity contribution >= 4 is 18.3 Å². The Bertz CT molecular complexity index is 586. The first-order valence-corrected chi connectivity index (χ1v) is 5.39. The fourth-order valence-electron chi connectivity index (χ4n) is 1.97. The summed E-state index contributed by atoms with van der Waals surface area (Å²) in [4.78, 5) is 17.2. The SMILES string of the molecule is O=Cc1cccnc1N1C=Cn2cccc2C1. The second-order valence-corrected chi connectivity index (χ2v) is 3.87. The van der Waals surface area contributed by atoms with E-state index in [0.29, 0.717) is 11.4 Å². The van der Waals surface area contributed by atoms with Gasteiger partial charge in [-0.1, -0.05) is 0 Å². The van der Waals surface area contributed by atoms with E-state index < -0.39 is 0 Å². The molecule has 17 heavy (non-hydrogen) atoms. The highest BCUT2D eigenvalue weighted by molar-refractivity contribution is 5.83. The third-order valence-electron chi connectivity index (χ3n) is 2.82. The van der Waals surface area contributed by atoms with Gasteiger partial charge in [0.15, 0.2) is 6.29 Å². The van der Waals surface area contributed by atoms with E-state index in [2.05, 4.69) is 15.6 Å². The first-order valence-electron chi connectivity index (χ1n) is 5.39. The predicted octanol–water partition coefficient (Wildman–Crippen LogP) is 2.14. The molecule has 0 bridgehead atoms. The van der Waals surface area contributed by atoms with Crippen molar-refractivity contribution in [2.24, 2.45) is 0 Å². The Morgan fingerprint density at radius 2 is 2.18 bits per heavy atom. The van der Waals surface area contributed by atoms with Gasteiger partial charge in [-0.15, -0.1) is 0 Å². The fourth-order valence-corrected chi connectivity index (χ4v) is 1.97. The van der Waals surface area contributed by atoms with Crippen LogP contribution in [0, 0.1) is 0 Å². The van der Waals surface area contributed by atoms with Crippen molar-refractivity contribution in [2.45, 2.75) is 6.54 Å². The lowest BCUT2D eigenvalue weighted by molar-refractivity contribution is 0.112. The Balaban J connectivity index is 1.99. The first kappa shape index (κ1) is 9.84. The number of nitrogens with zero attached hydrogens (tertiary/aromatic N) is 3. The molecule has 0 spiro atoms. The molecule has 0 aromatic carbocycles. The summed E-state index contributed by atoms with van der Waals surface area (Å²) in [6, 6.07) is 7.60. The van der Waals surface area contributed by atoms with Gasteiger partial charge in [0.25, 0.3) is 0 Å². The minimum absolute atomic E-state index is 0.608. The van der Waals surface area contributed by atoms with Gasteiger partial charge in [0.05, 0.1) is 12.1 Å². The summed E-state index contributed by atoms with van der Waals surface area (Å²) in [6.07, 6.45) is 8.43. The molecule has 0 saturated heterocycles. The van der Waals surface area contributed by atoms with Gasteiger partial charge in [-0.3, -0.25) is 4.79 Å². The van der Waals surface area contributed by atoms with Gasteiger partial charge in [-0.2, -0.15) is 0 Å². The number of hydrogen-bond donors (Lipinski definition) is 0. The van der Waals surface area contributed by atoms with Crippen LogP contribution in [0.2, 0.25) is 0 Å². The molecule has 84 valence electrons. The van der Waals surface area contributed by atoms with Crippen LogP contribution in [-0.2, 0) is 6.54 Å². The Labute approximate surface area is 98.8 Å². The van der Waals surface area contributed by atoms with E-state index in [0.717, 1.165) is 12.8 Å². The van der Waals surface area contributed by atoms with E-state index in [4.69, 9.17) is 0 Å². The molecule has 3 heterocycles. The van der Waals surface area contributed by atoms with E-state index in [1.165, 1.54) is 5.69 Å². The molecule has 0 radical (unpaired) electrons. The molecule has 2 aromatic heterocycles. The van der Waals surface area contributed by atoms with Gasteiger partial charge in [-0.25, -0.2) is 4.98 Å². The Kier molecular flexibility index (Phi) is 2.26. The molecular formula is C13H11N3O. The molecule has 0 aliphatic carbocycles. The fraction of sp³-hybridized carbons (Fsp3) is 0.0769. The Hall–Kier alpha value is -2.36. The maximum Gasteiger partial charge on any atom is 0.153 e. The number of pyridine rings is 1. The van der Waals surface area contributed by atoms with Gasteiger partial charge >= 0.3 is 0 Å². The summed E-state index contributed by atoms with van der Waals surface area (Å²) in [7, 11) is 0. The van der Waals surface area contributed by atoms with Crippen LogP contribution in [-0.4, -0.2) is 15.8 Å². The average Bonchev–Trinajstić information content (AvgIpc) is 2.85. The molecule has 3 rings (SSSR count). The lowest BCUT2D eigenvalue weighted by Crippen LogP contribution is -2.22. The largest absolute Gasteiger partial charge is 0.325 e. The number of carbonyl (C=O) groups is 1. The lowest BCUT2D eigenvalue weighted by Gasteiger charge is -2.24. The van der Waals surface area contributed by atoms with Crippen LogP contribution in [0.1, 0.15) is 16.1 Å². The second kappa shape index (κ2) is 3.90. The van der Waals surface area contributed by atoms with E-state index >= 15 is 0 Å². The van der Waals surface area contributed by atoms with Crippen LogP contribution < -0.4 is 4.90 Å². The molecule has 4 heteroatoms. The molecule has 0 N–H and O–H groups in total. The molecule has 0 amide bonds. The summed E-state index contributed by atoms with van der Waals surface area (Å²) in [5.41, 5.74) is 1.78. The van der Waals surface area contributed by atoms with Crippen molar-refractivity contribution in [3.8, 4) is 0 Å². The van der Waals surface area contributed by atoms with Gasteiger partial charge in [0, 0.05) is 30.5 Å². The van der Waals surface area contributed by atoms with Crippen LogP contribution in [0.5, 0.6) is 0 Å². The highest BCUT2D eigenvalue weighted by Gasteiger charge is 2.14. The highest BCUT2D eigenvalue weighted by atomic mass is 16.1. The zero-order valence-electron chi connectivity index (χ0n) is 9.15. The van der Waals surface area contributed by atoms with E-state index in [1.807, 2.05) is 29.6 Å². The maximum absolute atomic E-state index is 11.0. The van der Waals surface area contributed by atoms with Crippen molar-refractivity contribution < 1.29 is 4.79 Å². The number of carbonyl (C=O) groups excluding carboxylic acids is 1. The number of aromatic nitrogens is 2. The molecule has 0 saturated carbocycles. The quantitative estimate of drug-likeness (QED) is 0.735. The summed E-state index contributed by atoms with van der Waals surface area (Å²) in [5, 5.41) is 0. The molecule has 2 aromatic rings. The van der Waals surface area contributed by atoms with Crippen LogP contribution in [0.25, 0.3) is 6.20 Å². The molecular weight excluding hydrogens is 214 g/mol. The third kappa shape index (κ3) is 1.63. The summed E-state index contributed by atoms with van der Waals surface area (Å²) in [5.74, 6) is 0.700. The summed E-state index contributed by atoms with van der Waals surface area (Å²) >= 11 is 0. The van der Waals surface area contributed by atoms with Gasteiger partial charge in [0.2, 0.25) is 0 Å². The number of hydrogen-bond acceptors (Lipinski definition) is 3.